The third kappa shape index (κ3) is 4.87. The molecule has 1 N–H and O–H groups in total. The maximum atomic E-state index is 12.3. The Morgan fingerprint density at radius 3 is 2.61 bits per heavy atom. The SMILES string of the molecule is CC(C)NCc1cncnc1N(C)CC(F)(F)F. The minimum atomic E-state index is -4.25. The summed E-state index contributed by atoms with van der Waals surface area (Å²) in [7, 11) is 1.37. The average Bonchev–Trinajstić information content (AvgIpc) is 2.24. The zero-order chi connectivity index (χ0) is 13.8. The first-order valence-electron chi connectivity index (χ1n) is 5.59. The van der Waals surface area contributed by atoms with E-state index in [1.807, 2.05) is 13.8 Å². The normalized spacial score (nSPS) is 11.9. The van der Waals surface area contributed by atoms with Crippen LogP contribution in [0.3, 0.4) is 0 Å². The number of rotatable bonds is 5. The Bertz CT molecular complexity index is 379. The minimum absolute atomic E-state index is 0.242. The van der Waals surface area contributed by atoms with Crippen LogP contribution in [0, 0.1) is 0 Å². The first-order valence-corrected chi connectivity index (χ1v) is 5.59. The molecule has 0 aromatic carbocycles. The van der Waals surface area contributed by atoms with Gasteiger partial charge < -0.3 is 10.2 Å². The summed E-state index contributed by atoms with van der Waals surface area (Å²) in [6.45, 7) is 3.33. The van der Waals surface area contributed by atoms with Gasteiger partial charge in [-0.25, -0.2) is 9.97 Å². The number of hydrogen-bond acceptors (Lipinski definition) is 4. The Morgan fingerprint density at radius 2 is 2.06 bits per heavy atom. The zero-order valence-electron chi connectivity index (χ0n) is 10.6. The van der Waals surface area contributed by atoms with Gasteiger partial charge in [0.05, 0.1) is 0 Å². The highest BCUT2D eigenvalue weighted by atomic mass is 19.4. The Kier molecular flexibility index (Phi) is 4.89. The molecule has 0 bridgehead atoms. The molecule has 102 valence electrons. The summed E-state index contributed by atoms with van der Waals surface area (Å²) >= 11 is 0. The van der Waals surface area contributed by atoms with Gasteiger partial charge in [-0.1, -0.05) is 13.8 Å². The van der Waals surface area contributed by atoms with Gasteiger partial charge in [0.1, 0.15) is 18.7 Å². The van der Waals surface area contributed by atoms with Crippen LogP contribution >= 0.6 is 0 Å². The molecule has 1 aromatic rings. The number of alkyl halides is 3. The summed E-state index contributed by atoms with van der Waals surface area (Å²) in [4.78, 5) is 8.84. The van der Waals surface area contributed by atoms with Gasteiger partial charge >= 0.3 is 6.18 Å². The summed E-state index contributed by atoms with van der Waals surface area (Å²) in [5.74, 6) is 0.301. The molecule has 4 nitrogen and oxygen atoms in total. The van der Waals surface area contributed by atoms with E-state index in [1.165, 1.54) is 19.6 Å². The fraction of sp³-hybridized carbons (Fsp3) is 0.636. The van der Waals surface area contributed by atoms with Gasteiger partial charge in [0.25, 0.3) is 0 Å². The third-order valence-electron chi connectivity index (χ3n) is 2.24. The van der Waals surface area contributed by atoms with Crippen molar-refractivity contribution in [3.05, 3.63) is 18.1 Å². The average molecular weight is 262 g/mol. The maximum Gasteiger partial charge on any atom is 0.405 e. The standard InChI is InChI=1S/C11H17F3N4/c1-8(2)16-5-9-4-15-7-17-10(9)18(3)6-11(12,13)14/h4,7-8,16H,5-6H2,1-3H3. The number of nitrogens with zero attached hydrogens (tertiary/aromatic N) is 3. The van der Waals surface area contributed by atoms with Crippen LogP contribution in [0.5, 0.6) is 0 Å². The molecule has 0 saturated carbocycles. The monoisotopic (exact) mass is 262 g/mol. The van der Waals surface area contributed by atoms with Crippen molar-refractivity contribution >= 4 is 5.82 Å². The molecule has 0 fully saturated rings. The second-order valence-electron chi connectivity index (χ2n) is 4.38. The highest BCUT2D eigenvalue weighted by Crippen LogP contribution is 2.21. The fourth-order valence-corrected chi connectivity index (χ4v) is 1.48. The Hall–Kier alpha value is -1.37. The fourth-order valence-electron chi connectivity index (χ4n) is 1.48. The van der Waals surface area contributed by atoms with Crippen LogP contribution < -0.4 is 10.2 Å². The van der Waals surface area contributed by atoms with Crippen LogP contribution in [0.15, 0.2) is 12.5 Å². The third-order valence-corrected chi connectivity index (χ3v) is 2.24. The number of hydrogen-bond donors (Lipinski definition) is 1. The summed E-state index contributed by atoms with van der Waals surface area (Å²) < 4.78 is 37.0. The van der Waals surface area contributed by atoms with Crippen molar-refractivity contribution < 1.29 is 13.2 Å². The first-order chi connectivity index (χ1) is 8.29. The van der Waals surface area contributed by atoms with Gasteiger partial charge in [-0.2, -0.15) is 13.2 Å². The van der Waals surface area contributed by atoms with E-state index in [0.717, 1.165) is 4.90 Å². The molecule has 0 spiro atoms. The highest BCUT2D eigenvalue weighted by Gasteiger charge is 2.30. The topological polar surface area (TPSA) is 41.1 Å². The van der Waals surface area contributed by atoms with E-state index >= 15 is 0 Å². The lowest BCUT2D eigenvalue weighted by atomic mass is 10.2. The molecule has 7 heteroatoms. The predicted octanol–water partition coefficient (Wildman–Crippen LogP) is 1.97. The summed E-state index contributed by atoms with van der Waals surface area (Å²) in [5, 5.41) is 3.13. The molecule has 1 rings (SSSR count). The molecule has 1 aromatic heterocycles. The molecule has 1 heterocycles. The van der Waals surface area contributed by atoms with E-state index in [4.69, 9.17) is 0 Å². The number of nitrogens with one attached hydrogen (secondary N) is 1. The molecule has 0 unspecified atom stereocenters. The molecular formula is C11H17F3N4. The quantitative estimate of drug-likeness (QED) is 0.881. The van der Waals surface area contributed by atoms with Crippen LogP contribution in [-0.4, -0.2) is 35.8 Å². The molecular weight excluding hydrogens is 245 g/mol. The van der Waals surface area contributed by atoms with E-state index < -0.39 is 12.7 Å². The molecule has 18 heavy (non-hydrogen) atoms. The van der Waals surface area contributed by atoms with E-state index in [0.29, 0.717) is 17.9 Å². The van der Waals surface area contributed by atoms with Crippen molar-refractivity contribution in [2.24, 2.45) is 0 Å². The summed E-state index contributed by atoms with van der Waals surface area (Å²) in [5.41, 5.74) is 0.651. The molecule has 0 aliphatic carbocycles. The first kappa shape index (κ1) is 14.7. The van der Waals surface area contributed by atoms with Crippen LogP contribution in [-0.2, 0) is 6.54 Å². The van der Waals surface area contributed by atoms with E-state index in [9.17, 15) is 13.2 Å². The van der Waals surface area contributed by atoms with Crippen LogP contribution in [0.4, 0.5) is 19.0 Å². The Labute approximate surface area is 104 Å². The van der Waals surface area contributed by atoms with E-state index in [1.54, 1.807) is 0 Å². The molecule has 0 radical (unpaired) electrons. The largest absolute Gasteiger partial charge is 0.405 e. The lowest BCUT2D eigenvalue weighted by Crippen LogP contribution is -2.33. The van der Waals surface area contributed by atoms with Crippen molar-refractivity contribution in [2.45, 2.75) is 32.6 Å². The molecule has 0 atom stereocenters. The Balaban J connectivity index is 2.80. The van der Waals surface area contributed by atoms with Gasteiger partial charge in [0.2, 0.25) is 0 Å². The van der Waals surface area contributed by atoms with Crippen molar-refractivity contribution in [1.29, 1.82) is 0 Å². The van der Waals surface area contributed by atoms with Gasteiger partial charge in [-0.05, 0) is 0 Å². The van der Waals surface area contributed by atoms with Gasteiger partial charge in [0.15, 0.2) is 0 Å². The zero-order valence-corrected chi connectivity index (χ0v) is 10.6. The van der Waals surface area contributed by atoms with Crippen molar-refractivity contribution in [3.8, 4) is 0 Å². The van der Waals surface area contributed by atoms with E-state index in [2.05, 4.69) is 15.3 Å². The second kappa shape index (κ2) is 5.99. The van der Waals surface area contributed by atoms with Gasteiger partial charge in [-0.15, -0.1) is 0 Å². The second-order valence-corrected chi connectivity index (χ2v) is 4.38. The molecule has 0 saturated heterocycles. The van der Waals surface area contributed by atoms with Crippen molar-refractivity contribution in [3.63, 3.8) is 0 Å². The van der Waals surface area contributed by atoms with Crippen LogP contribution in [0.1, 0.15) is 19.4 Å². The summed E-state index contributed by atoms with van der Waals surface area (Å²) in [6.07, 6.45) is -1.46. The highest BCUT2D eigenvalue weighted by molar-refractivity contribution is 5.44. The van der Waals surface area contributed by atoms with Crippen molar-refractivity contribution in [2.75, 3.05) is 18.5 Å². The number of anilines is 1. The molecule has 0 amide bonds. The smallest absolute Gasteiger partial charge is 0.350 e. The lowest BCUT2D eigenvalue weighted by molar-refractivity contribution is -0.119. The van der Waals surface area contributed by atoms with E-state index in [-0.39, 0.29) is 6.04 Å². The van der Waals surface area contributed by atoms with Crippen LogP contribution in [0.2, 0.25) is 0 Å². The van der Waals surface area contributed by atoms with Crippen molar-refractivity contribution in [1.82, 2.24) is 15.3 Å². The maximum absolute atomic E-state index is 12.3. The summed E-state index contributed by atoms with van der Waals surface area (Å²) in [6, 6.07) is 0.242. The number of aromatic nitrogens is 2. The Morgan fingerprint density at radius 1 is 1.39 bits per heavy atom. The predicted molar refractivity (Wildman–Crippen MR) is 63.3 cm³/mol. The minimum Gasteiger partial charge on any atom is -0.350 e. The lowest BCUT2D eigenvalue weighted by Gasteiger charge is -2.22. The van der Waals surface area contributed by atoms with Crippen LogP contribution in [0.25, 0.3) is 0 Å². The van der Waals surface area contributed by atoms with Gasteiger partial charge in [-0.3, -0.25) is 0 Å². The molecule has 0 aliphatic heterocycles. The van der Waals surface area contributed by atoms with Gasteiger partial charge in [0, 0.05) is 31.4 Å². The number of halogens is 3. The molecule has 0 aliphatic rings.